The average molecular weight is 543 g/mol. The summed E-state index contributed by atoms with van der Waals surface area (Å²) in [6, 6.07) is 8.93. The van der Waals surface area contributed by atoms with E-state index in [9.17, 15) is 23.1 Å². The van der Waals surface area contributed by atoms with Crippen molar-refractivity contribution in [1.82, 2.24) is 9.62 Å². The van der Waals surface area contributed by atoms with Gasteiger partial charge in [-0.1, -0.05) is 35.3 Å². The summed E-state index contributed by atoms with van der Waals surface area (Å²) in [5, 5.41) is 12.5. The van der Waals surface area contributed by atoms with Crippen LogP contribution in [0.25, 0.3) is 0 Å². The van der Waals surface area contributed by atoms with Crippen LogP contribution in [0, 0.1) is 0 Å². The third-order valence-corrected chi connectivity index (χ3v) is 7.67. The van der Waals surface area contributed by atoms with Gasteiger partial charge < -0.3 is 15.2 Å². The van der Waals surface area contributed by atoms with Gasteiger partial charge in [-0.05, 0) is 69.5 Å². The Morgan fingerprint density at radius 2 is 1.74 bits per heavy atom. The molecule has 35 heavy (non-hydrogen) atoms. The first-order valence-corrected chi connectivity index (χ1v) is 13.2. The van der Waals surface area contributed by atoms with Crippen LogP contribution < -0.4 is 10.1 Å². The van der Waals surface area contributed by atoms with E-state index in [2.05, 4.69) is 5.32 Å². The summed E-state index contributed by atoms with van der Waals surface area (Å²) in [7, 11) is -4.05. The first kappa shape index (κ1) is 27.3. The van der Waals surface area contributed by atoms with E-state index in [0.717, 1.165) is 4.31 Å². The Labute approximate surface area is 215 Å². The minimum Gasteiger partial charge on any atom is -0.488 e. The molecule has 1 aliphatic heterocycles. The molecule has 1 heterocycles. The fraction of sp³-hybridized carbons (Fsp3) is 0.417. The third kappa shape index (κ3) is 7.10. The topological polar surface area (TPSA) is 113 Å². The van der Waals surface area contributed by atoms with Gasteiger partial charge >= 0.3 is 5.97 Å². The van der Waals surface area contributed by atoms with Crippen LogP contribution in [-0.4, -0.2) is 47.9 Å². The van der Waals surface area contributed by atoms with Gasteiger partial charge in [0.05, 0.1) is 17.4 Å². The van der Waals surface area contributed by atoms with Gasteiger partial charge in [-0.2, -0.15) is 4.31 Å². The lowest BCUT2D eigenvalue weighted by Crippen LogP contribution is -2.47. The number of carbonyl (C=O) groups is 2. The highest BCUT2D eigenvalue weighted by molar-refractivity contribution is 7.89. The number of halogens is 2. The van der Waals surface area contributed by atoms with Crippen molar-refractivity contribution in [1.29, 1.82) is 0 Å². The van der Waals surface area contributed by atoms with E-state index in [1.807, 2.05) is 20.8 Å². The highest BCUT2D eigenvalue weighted by Gasteiger charge is 2.40. The number of carboxylic acids is 1. The van der Waals surface area contributed by atoms with Gasteiger partial charge in [0.15, 0.2) is 0 Å². The predicted octanol–water partition coefficient (Wildman–Crippen LogP) is 4.66. The Morgan fingerprint density at radius 3 is 2.29 bits per heavy atom. The smallest absolute Gasteiger partial charge is 0.305 e. The lowest BCUT2D eigenvalue weighted by Gasteiger charge is -2.26. The summed E-state index contributed by atoms with van der Waals surface area (Å²) in [6.07, 6.45) is 0.417. The van der Waals surface area contributed by atoms with E-state index < -0.39 is 39.6 Å². The van der Waals surface area contributed by atoms with Crippen molar-refractivity contribution in [2.24, 2.45) is 0 Å². The molecule has 0 unspecified atom stereocenters. The van der Waals surface area contributed by atoms with Crippen molar-refractivity contribution in [2.75, 3.05) is 6.54 Å². The maximum Gasteiger partial charge on any atom is 0.305 e. The average Bonchev–Trinajstić information content (AvgIpc) is 3.22. The fourth-order valence-electron chi connectivity index (χ4n) is 3.92. The fourth-order valence-corrected chi connectivity index (χ4v) is 6.30. The zero-order valence-corrected chi connectivity index (χ0v) is 22.0. The Morgan fingerprint density at radius 1 is 1.14 bits per heavy atom. The molecular weight excluding hydrogens is 515 g/mol. The molecule has 2 aromatic rings. The van der Waals surface area contributed by atoms with E-state index in [1.165, 1.54) is 18.2 Å². The molecule has 0 saturated carbocycles. The van der Waals surface area contributed by atoms with Crippen molar-refractivity contribution in [2.45, 2.75) is 62.6 Å². The van der Waals surface area contributed by atoms with Gasteiger partial charge in [0, 0.05) is 16.6 Å². The number of carboxylic acid groups (broad SMARTS) is 1. The number of hydrogen-bond acceptors (Lipinski definition) is 5. The highest BCUT2D eigenvalue weighted by atomic mass is 35.5. The number of nitrogens with zero attached hydrogens (tertiary/aromatic N) is 1. The van der Waals surface area contributed by atoms with E-state index in [4.69, 9.17) is 27.9 Å². The SMILES string of the molecule is CC(C)(C)Oc1ccc([C@@H](CC(=O)O)NC(=O)[C@@H]2CCCN2S(=O)(=O)c2cc(Cl)cc(Cl)c2)cc1. The molecule has 3 rings (SSSR count). The number of benzene rings is 2. The molecule has 2 N–H and O–H groups in total. The molecule has 8 nitrogen and oxygen atoms in total. The molecule has 2 atom stereocenters. The van der Waals surface area contributed by atoms with Crippen LogP contribution in [0.2, 0.25) is 10.0 Å². The Balaban J connectivity index is 1.82. The van der Waals surface area contributed by atoms with Crippen LogP contribution in [0.15, 0.2) is 47.4 Å². The minimum atomic E-state index is -4.05. The van der Waals surface area contributed by atoms with Gasteiger partial charge in [0.2, 0.25) is 15.9 Å². The third-order valence-electron chi connectivity index (χ3n) is 5.35. The molecule has 0 radical (unpaired) electrons. The van der Waals surface area contributed by atoms with Gasteiger partial charge in [-0.3, -0.25) is 9.59 Å². The molecule has 0 bridgehead atoms. The van der Waals surface area contributed by atoms with E-state index in [1.54, 1.807) is 24.3 Å². The maximum atomic E-state index is 13.3. The Kier molecular flexibility index (Phi) is 8.36. The minimum absolute atomic E-state index is 0.105. The zero-order chi connectivity index (χ0) is 26.0. The van der Waals surface area contributed by atoms with E-state index in [-0.39, 0.29) is 27.9 Å². The standard InChI is InChI=1S/C24H28Cl2N2O6S/c1-24(2,3)34-18-8-6-15(7-9-18)20(14-22(29)30)27-23(31)21-5-4-10-28(21)35(32,33)19-12-16(25)11-17(26)13-19/h6-9,11-13,20-21H,4-5,10,14H2,1-3H3,(H,27,31)(H,29,30)/t20-,21+/m1/s1. The molecule has 0 aliphatic carbocycles. The maximum absolute atomic E-state index is 13.3. The van der Waals surface area contributed by atoms with Crippen molar-refractivity contribution in [3.05, 3.63) is 58.1 Å². The van der Waals surface area contributed by atoms with Gasteiger partial charge in [-0.15, -0.1) is 0 Å². The second kappa shape index (κ2) is 10.7. The van der Waals surface area contributed by atoms with Crippen LogP contribution >= 0.6 is 23.2 Å². The number of amides is 1. The number of nitrogens with one attached hydrogen (secondary N) is 1. The Bertz CT molecular complexity index is 1180. The summed E-state index contributed by atoms with van der Waals surface area (Å²) >= 11 is 12.0. The van der Waals surface area contributed by atoms with Gasteiger partial charge in [-0.25, -0.2) is 8.42 Å². The number of ether oxygens (including phenoxy) is 1. The number of sulfonamides is 1. The van der Waals surface area contributed by atoms with Crippen LogP contribution in [0.5, 0.6) is 5.75 Å². The second-order valence-corrected chi connectivity index (χ2v) is 12.1. The molecule has 2 aromatic carbocycles. The molecule has 1 amide bonds. The molecule has 1 aliphatic rings. The molecule has 1 fully saturated rings. The van der Waals surface area contributed by atoms with Gasteiger partial charge in [0.1, 0.15) is 17.4 Å². The predicted molar refractivity (Wildman–Crippen MR) is 133 cm³/mol. The lowest BCUT2D eigenvalue weighted by molar-refractivity contribution is -0.137. The molecular formula is C24H28Cl2N2O6S. The summed E-state index contributed by atoms with van der Waals surface area (Å²) in [5.74, 6) is -1.06. The summed E-state index contributed by atoms with van der Waals surface area (Å²) in [5.41, 5.74) is 0.164. The molecule has 190 valence electrons. The van der Waals surface area contributed by atoms with Crippen molar-refractivity contribution < 1.29 is 27.9 Å². The van der Waals surface area contributed by atoms with Crippen LogP contribution in [0.1, 0.15) is 51.6 Å². The molecule has 1 saturated heterocycles. The summed E-state index contributed by atoms with van der Waals surface area (Å²) in [6.45, 7) is 5.88. The van der Waals surface area contributed by atoms with E-state index in [0.29, 0.717) is 24.2 Å². The van der Waals surface area contributed by atoms with Crippen LogP contribution in [-0.2, 0) is 19.6 Å². The van der Waals surface area contributed by atoms with Crippen LogP contribution in [0.4, 0.5) is 0 Å². The molecule has 0 spiro atoms. The van der Waals surface area contributed by atoms with Crippen molar-refractivity contribution in [3.8, 4) is 5.75 Å². The van der Waals surface area contributed by atoms with Gasteiger partial charge in [0.25, 0.3) is 0 Å². The molecule has 0 aromatic heterocycles. The number of aliphatic carboxylic acids is 1. The van der Waals surface area contributed by atoms with Crippen molar-refractivity contribution in [3.63, 3.8) is 0 Å². The highest BCUT2D eigenvalue weighted by Crippen LogP contribution is 2.31. The van der Waals surface area contributed by atoms with E-state index >= 15 is 0 Å². The van der Waals surface area contributed by atoms with Crippen molar-refractivity contribution >= 4 is 45.1 Å². The largest absolute Gasteiger partial charge is 0.488 e. The Hall–Kier alpha value is -2.33. The monoisotopic (exact) mass is 542 g/mol. The van der Waals surface area contributed by atoms with Crippen LogP contribution in [0.3, 0.4) is 0 Å². The number of hydrogen-bond donors (Lipinski definition) is 2. The lowest BCUT2D eigenvalue weighted by atomic mass is 10.0. The quantitative estimate of drug-likeness (QED) is 0.501. The summed E-state index contributed by atoms with van der Waals surface area (Å²) in [4.78, 5) is 24.6. The first-order valence-electron chi connectivity index (χ1n) is 11.1. The zero-order valence-electron chi connectivity index (χ0n) is 19.6. The summed E-state index contributed by atoms with van der Waals surface area (Å²) < 4.78 is 33.4. The number of rotatable bonds is 8. The first-order chi connectivity index (χ1) is 16.3. The number of carbonyl (C=O) groups excluding carboxylic acids is 1. The second-order valence-electron chi connectivity index (χ2n) is 9.32. The molecule has 11 heteroatoms. The normalized spacial score (nSPS) is 17.7.